The highest BCUT2D eigenvalue weighted by Gasteiger charge is 2.27. The maximum absolute atomic E-state index is 5.56. The molecule has 5 nitrogen and oxygen atoms in total. The average molecular weight is 225 g/mol. The average Bonchev–Trinajstić information content (AvgIpc) is 2.92. The summed E-state index contributed by atoms with van der Waals surface area (Å²) in [5, 5.41) is 7.29. The molecule has 0 atom stereocenters. The molecule has 1 heterocycles. The zero-order chi connectivity index (χ0) is 11.6. The van der Waals surface area contributed by atoms with E-state index >= 15 is 0 Å². The Balaban J connectivity index is 1.94. The molecule has 1 aromatic heterocycles. The first-order valence-corrected chi connectivity index (χ1v) is 5.82. The van der Waals surface area contributed by atoms with Gasteiger partial charge in [0.15, 0.2) is 0 Å². The Morgan fingerprint density at radius 2 is 2.25 bits per heavy atom. The van der Waals surface area contributed by atoms with Crippen LogP contribution in [0.25, 0.3) is 0 Å². The molecule has 1 N–H and O–H groups in total. The minimum absolute atomic E-state index is 0.476. The molecular weight excluding hydrogens is 206 g/mol. The van der Waals surface area contributed by atoms with Crippen molar-refractivity contribution in [1.82, 2.24) is 15.5 Å². The number of nitrogens with one attached hydrogen (secondary N) is 1. The minimum atomic E-state index is -0.476. The second-order valence-corrected chi connectivity index (χ2v) is 4.61. The molecule has 1 aromatic rings. The molecule has 1 aliphatic carbocycles. The molecule has 1 saturated carbocycles. The van der Waals surface area contributed by atoms with E-state index in [2.05, 4.69) is 15.5 Å². The normalized spacial score (nSPS) is 16.7. The van der Waals surface area contributed by atoms with Crippen molar-refractivity contribution in [3.05, 3.63) is 11.7 Å². The van der Waals surface area contributed by atoms with E-state index in [1.165, 1.54) is 12.8 Å². The topological polar surface area (TPSA) is 60.2 Å². The van der Waals surface area contributed by atoms with E-state index in [9.17, 15) is 0 Å². The number of rotatable bonds is 6. The first-order chi connectivity index (χ1) is 7.62. The zero-order valence-corrected chi connectivity index (χ0v) is 10.1. The molecule has 0 amide bonds. The van der Waals surface area contributed by atoms with Crippen LogP contribution in [0, 0.1) is 0 Å². The van der Waals surface area contributed by atoms with Gasteiger partial charge in [-0.15, -0.1) is 0 Å². The largest absolute Gasteiger partial charge is 0.368 e. The van der Waals surface area contributed by atoms with Crippen LogP contribution in [-0.4, -0.2) is 22.8 Å². The summed E-state index contributed by atoms with van der Waals surface area (Å²) in [5.41, 5.74) is -0.476. The van der Waals surface area contributed by atoms with Crippen LogP contribution in [0.5, 0.6) is 0 Å². The third-order valence-electron chi connectivity index (χ3n) is 2.63. The minimum Gasteiger partial charge on any atom is -0.368 e. The van der Waals surface area contributed by atoms with Gasteiger partial charge < -0.3 is 14.6 Å². The van der Waals surface area contributed by atoms with Gasteiger partial charge in [0.05, 0.1) is 6.54 Å². The molecule has 0 aromatic carbocycles. The highest BCUT2D eigenvalue weighted by atomic mass is 16.5. The van der Waals surface area contributed by atoms with Crippen molar-refractivity contribution in [2.75, 3.05) is 6.61 Å². The molecule has 0 saturated heterocycles. The summed E-state index contributed by atoms with van der Waals surface area (Å²) < 4.78 is 10.7. The van der Waals surface area contributed by atoms with Gasteiger partial charge in [0.1, 0.15) is 5.60 Å². The second-order valence-electron chi connectivity index (χ2n) is 4.61. The van der Waals surface area contributed by atoms with Gasteiger partial charge in [-0.2, -0.15) is 4.98 Å². The molecule has 1 aliphatic rings. The Bertz CT molecular complexity index is 345. The molecule has 0 radical (unpaired) electrons. The lowest BCUT2D eigenvalue weighted by Crippen LogP contribution is -2.23. The van der Waals surface area contributed by atoms with E-state index in [4.69, 9.17) is 9.26 Å². The predicted octanol–water partition coefficient (Wildman–Crippen LogP) is 1.59. The molecule has 90 valence electrons. The summed E-state index contributed by atoms with van der Waals surface area (Å²) >= 11 is 0. The highest BCUT2D eigenvalue weighted by Crippen LogP contribution is 2.22. The Morgan fingerprint density at radius 1 is 1.50 bits per heavy atom. The molecule has 0 aliphatic heterocycles. The van der Waals surface area contributed by atoms with Crippen molar-refractivity contribution in [3.63, 3.8) is 0 Å². The lowest BCUT2D eigenvalue weighted by Gasteiger charge is -2.19. The van der Waals surface area contributed by atoms with Crippen LogP contribution in [0.15, 0.2) is 4.52 Å². The number of ether oxygens (including phenoxy) is 1. The molecular formula is C11H19N3O2. The van der Waals surface area contributed by atoms with E-state index in [-0.39, 0.29) is 0 Å². The van der Waals surface area contributed by atoms with Crippen molar-refractivity contribution < 1.29 is 9.26 Å². The van der Waals surface area contributed by atoms with Gasteiger partial charge >= 0.3 is 0 Å². The van der Waals surface area contributed by atoms with Crippen LogP contribution < -0.4 is 5.32 Å². The predicted molar refractivity (Wildman–Crippen MR) is 58.8 cm³/mol. The van der Waals surface area contributed by atoms with Gasteiger partial charge in [-0.1, -0.05) is 5.16 Å². The van der Waals surface area contributed by atoms with Crippen LogP contribution >= 0.6 is 0 Å². The van der Waals surface area contributed by atoms with Crippen molar-refractivity contribution >= 4 is 0 Å². The van der Waals surface area contributed by atoms with Crippen molar-refractivity contribution in [1.29, 1.82) is 0 Å². The summed E-state index contributed by atoms with van der Waals surface area (Å²) in [7, 11) is 0. The summed E-state index contributed by atoms with van der Waals surface area (Å²) in [5.74, 6) is 1.25. The Hall–Kier alpha value is -0.940. The third kappa shape index (κ3) is 2.80. The van der Waals surface area contributed by atoms with E-state index in [0.29, 0.717) is 30.9 Å². The summed E-state index contributed by atoms with van der Waals surface area (Å²) in [6.07, 6.45) is 2.51. The fourth-order valence-electron chi connectivity index (χ4n) is 1.52. The van der Waals surface area contributed by atoms with Gasteiger partial charge in [0.2, 0.25) is 11.7 Å². The monoisotopic (exact) mass is 225 g/mol. The summed E-state index contributed by atoms with van der Waals surface area (Å²) in [4.78, 5) is 4.34. The van der Waals surface area contributed by atoms with Crippen molar-refractivity contribution in [2.24, 2.45) is 0 Å². The Kier molecular flexibility index (Phi) is 3.25. The maximum atomic E-state index is 5.56. The first-order valence-electron chi connectivity index (χ1n) is 5.82. The van der Waals surface area contributed by atoms with Gasteiger partial charge in [0.25, 0.3) is 0 Å². The summed E-state index contributed by atoms with van der Waals surface area (Å²) in [6.45, 7) is 7.13. The summed E-state index contributed by atoms with van der Waals surface area (Å²) in [6, 6.07) is 0.648. The van der Waals surface area contributed by atoms with Gasteiger partial charge in [-0.3, -0.25) is 0 Å². The van der Waals surface area contributed by atoms with E-state index in [0.717, 1.165) is 0 Å². The Morgan fingerprint density at radius 3 is 2.88 bits per heavy atom. The van der Waals surface area contributed by atoms with Gasteiger partial charge in [-0.05, 0) is 33.6 Å². The van der Waals surface area contributed by atoms with Crippen LogP contribution in [0.4, 0.5) is 0 Å². The number of aromatic nitrogens is 2. The molecule has 0 bridgehead atoms. The lowest BCUT2D eigenvalue weighted by atomic mass is 10.1. The maximum Gasteiger partial charge on any atom is 0.240 e. The Labute approximate surface area is 95.6 Å². The number of hydrogen-bond acceptors (Lipinski definition) is 5. The quantitative estimate of drug-likeness (QED) is 0.796. The standard InChI is InChI=1S/C11H19N3O2/c1-4-15-11(2,3)10-13-9(16-14-10)7-12-8-5-6-8/h8,12H,4-7H2,1-3H3. The third-order valence-corrected chi connectivity index (χ3v) is 2.63. The number of hydrogen-bond donors (Lipinski definition) is 1. The van der Waals surface area contributed by atoms with E-state index in [1.807, 2.05) is 20.8 Å². The van der Waals surface area contributed by atoms with Crippen LogP contribution in [-0.2, 0) is 16.9 Å². The van der Waals surface area contributed by atoms with Crippen molar-refractivity contribution in [2.45, 2.75) is 51.8 Å². The smallest absolute Gasteiger partial charge is 0.240 e. The van der Waals surface area contributed by atoms with E-state index in [1.54, 1.807) is 0 Å². The SMILES string of the molecule is CCOC(C)(C)c1noc(CNC2CC2)n1. The van der Waals surface area contributed by atoms with E-state index < -0.39 is 5.60 Å². The van der Waals surface area contributed by atoms with Gasteiger partial charge in [-0.25, -0.2) is 0 Å². The molecule has 0 spiro atoms. The fraction of sp³-hybridized carbons (Fsp3) is 0.818. The first kappa shape index (κ1) is 11.5. The molecule has 5 heteroatoms. The molecule has 0 unspecified atom stereocenters. The van der Waals surface area contributed by atoms with Crippen LogP contribution in [0.2, 0.25) is 0 Å². The molecule has 16 heavy (non-hydrogen) atoms. The number of nitrogens with zero attached hydrogens (tertiary/aromatic N) is 2. The molecule has 2 rings (SSSR count). The zero-order valence-electron chi connectivity index (χ0n) is 10.1. The highest BCUT2D eigenvalue weighted by molar-refractivity contribution is 4.97. The van der Waals surface area contributed by atoms with Crippen molar-refractivity contribution in [3.8, 4) is 0 Å². The second kappa shape index (κ2) is 4.51. The van der Waals surface area contributed by atoms with Crippen LogP contribution in [0.3, 0.4) is 0 Å². The molecule has 1 fully saturated rings. The van der Waals surface area contributed by atoms with Crippen LogP contribution in [0.1, 0.15) is 45.3 Å². The van der Waals surface area contributed by atoms with Gasteiger partial charge in [0, 0.05) is 12.6 Å². The lowest BCUT2D eigenvalue weighted by molar-refractivity contribution is -0.0221. The fourth-order valence-corrected chi connectivity index (χ4v) is 1.52.